The summed E-state index contributed by atoms with van der Waals surface area (Å²) < 4.78 is 10.0. The molecule has 108 valence electrons. The fraction of sp³-hybridized carbons (Fsp3) is 0.467. The van der Waals surface area contributed by atoms with Crippen LogP contribution < -0.4 is 5.32 Å². The fourth-order valence-electron chi connectivity index (χ4n) is 2.16. The summed E-state index contributed by atoms with van der Waals surface area (Å²) in [4.78, 5) is 23.9. The van der Waals surface area contributed by atoms with Gasteiger partial charge in [-0.15, -0.1) is 0 Å². The van der Waals surface area contributed by atoms with Crippen LogP contribution in [0.3, 0.4) is 0 Å². The maximum atomic E-state index is 12.2. The second-order valence-electron chi connectivity index (χ2n) is 5.19. The molecule has 1 aliphatic rings. The number of hydrogen-bond acceptors (Lipinski definition) is 4. The van der Waals surface area contributed by atoms with Crippen molar-refractivity contribution in [2.45, 2.75) is 33.1 Å². The molecule has 0 spiro atoms. The Kier molecular flexibility index (Phi) is 4.39. The number of hydrogen-bond donors (Lipinski definition) is 1. The highest BCUT2D eigenvalue weighted by Gasteiger charge is 2.25. The summed E-state index contributed by atoms with van der Waals surface area (Å²) >= 11 is 0. The standard InChI is InChI=1S/C15H19NO4/c1-9(2)13(15(18)19-3)16-14(17)10-4-5-11-7-20-8-12(11)6-10/h4-6,9,13H,7-8H2,1-3H3,(H,16,17). The monoisotopic (exact) mass is 277 g/mol. The summed E-state index contributed by atoms with van der Waals surface area (Å²) in [6.07, 6.45) is 0. The molecular formula is C15H19NO4. The number of methoxy groups -OCH3 is 1. The van der Waals surface area contributed by atoms with Crippen LogP contribution in [-0.2, 0) is 27.5 Å². The van der Waals surface area contributed by atoms with Gasteiger partial charge in [0.2, 0.25) is 0 Å². The SMILES string of the molecule is COC(=O)C(NC(=O)c1ccc2c(c1)COC2)C(C)C. The Labute approximate surface area is 118 Å². The van der Waals surface area contributed by atoms with Crippen LogP contribution in [0.15, 0.2) is 18.2 Å². The van der Waals surface area contributed by atoms with Crippen LogP contribution in [0.25, 0.3) is 0 Å². The number of amides is 1. The molecule has 0 aromatic heterocycles. The van der Waals surface area contributed by atoms with Crippen LogP contribution in [0.5, 0.6) is 0 Å². The largest absolute Gasteiger partial charge is 0.467 e. The van der Waals surface area contributed by atoms with Gasteiger partial charge in [0, 0.05) is 5.56 Å². The molecule has 1 heterocycles. The van der Waals surface area contributed by atoms with E-state index in [4.69, 9.17) is 9.47 Å². The van der Waals surface area contributed by atoms with Gasteiger partial charge in [-0.05, 0) is 29.2 Å². The van der Waals surface area contributed by atoms with E-state index < -0.39 is 12.0 Å². The molecule has 0 saturated carbocycles. The van der Waals surface area contributed by atoms with Crippen molar-refractivity contribution in [3.8, 4) is 0 Å². The molecule has 5 heteroatoms. The maximum Gasteiger partial charge on any atom is 0.328 e. The molecule has 0 bridgehead atoms. The van der Waals surface area contributed by atoms with E-state index in [0.29, 0.717) is 18.8 Å². The van der Waals surface area contributed by atoms with Crippen LogP contribution in [0, 0.1) is 5.92 Å². The van der Waals surface area contributed by atoms with Crippen LogP contribution in [-0.4, -0.2) is 25.0 Å². The van der Waals surface area contributed by atoms with Crippen molar-refractivity contribution in [3.63, 3.8) is 0 Å². The van der Waals surface area contributed by atoms with Crippen LogP contribution in [0.1, 0.15) is 35.3 Å². The normalized spacial score (nSPS) is 14.8. The molecule has 0 aliphatic carbocycles. The first kappa shape index (κ1) is 14.5. The summed E-state index contributed by atoms with van der Waals surface area (Å²) in [6.45, 7) is 4.84. The number of esters is 1. The number of carbonyl (C=O) groups is 2. The number of carbonyl (C=O) groups excluding carboxylic acids is 2. The zero-order valence-electron chi connectivity index (χ0n) is 11.9. The molecule has 1 atom stereocenters. The first-order chi connectivity index (χ1) is 9.52. The molecule has 1 amide bonds. The van der Waals surface area contributed by atoms with E-state index in [1.165, 1.54) is 7.11 Å². The van der Waals surface area contributed by atoms with Gasteiger partial charge in [-0.25, -0.2) is 4.79 Å². The Balaban J connectivity index is 2.12. The van der Waals surface area contributed by atoms with Gasteiger partial charge in [0.15, 0.2) is 0 Å². The van der Waals surface area contributed by atoms with Crippen LogP contribution in [0.4, 0.5) is 0 Å². The van der Waals surface area contributed by atoms with Crippen LogP contribution in [0.2, 0.25) is 0 Å². The lowest BCUT2D eigenvalue weighted by atomic mass is 10.0. The first-order valence-electron chi connectivity index (χ1n) is 6.61. The number of ether oxygens (including phenoxy) is 2. The maximum absolute atomic E-state index is 12.2. The quantitative estimate of drug-likeness (QED) is 0.850. The number of nitrogens with one attached hydrogen (secondary N) is 1. The van der Waals surface area contributed by atoms with Gasteiger partial charge in [0.1, 0.15) is 6.04 Å². The molecule has 0 radical (unpaired) electrons. The molecule has 1 unspecified atom stereocenters. The van der Waals surface area contributed by atoms with E-state index in [9.17, 15) is 9.59 Å². The number of benzene rings is 1. The minimum atomic E-state index is -0.642. The third kappa shape index (κ3) is 2.99. The topological polar surface area (TPSA) is 64.6 Å². The number of fused-ring (bicyclic) bond motifs is 1. The first-order valence-corrected chi connectivity index (χ1v) is 6.61. The Bertz CT molecular complexity index is 525. The third-order valence-electron chi connectivity index (χ3n) is 3.39. The Morgan fingerprint density at radius 2 is 1.95 bits per heavy atom. The molecule has 0 fully saturated rings. The summed E-state index contributed by atoms with van der Waals surface area (Å²) in [6, 6.07) is 4.81. The second kappa shape index (κ2) is 6.05. The van der Waals surface area contributed by atoms with E-state index in [1.54, 1.807) is 6.07 Å². The lowest BCUT2D eigenvalue weighted by molar-refractivity contribution is -0.144. The van der Waals surface area contributed by atoms with Gasteiger partial charge < -0.3 is 14.8 Å². The highest BCUT2D eigenvalue weighted by atomic mass is 16.5. The molecule has 5 nitrogen and oxygen atoms in total. The molecule has 2 rings (SSSR count). The van der Waals surface area contributed by atoms with Gasteiger partial charge in [-0.1, -0.05) is 19.9 Å². The lowest BCUT2D eigenvalue weighted by Crippen LogP contribution is -2.45. The van der Waals surface area contributed by atoms with Crippen molar-refractivity contribution in [1.29, 1.82) is 0 Å². The van der Waals surface area contributed by atoms with Gasteiger partial charge in [0.05, 0.1) is 20.3 Å². The Hall–Kier alpha value is -1.88. The van der Waals surface area contributed by atoms with E-state index >= 15 is 0 Å². The molecule has 1 aliphatic heterocycles. The summed E-state index contributed by atoms with van der Waals surface area (Å²) in [7, 11) is 1.32. The van der Waals surface area contributed by atoms with Gasteiger partial charge in [0.25, 0.3) is 5.91 Å². The van der Waals surface area contributed by atoms with E-state index in [-0.39, 0.29) is 11.8 Å². The van der Waals surface area contributed by atoms with Crippen molar-refractivity contribution in [3.05, 3.63) is 34.9 Å². The zero-order chi connectivity index (χ0) is 14.7. The van der Waals surface area contributed by atoms with Crippen molar-refractivity contribution in [2.75, 3.05) is 7.11 Å². The molecular weight excluding hydrogens is 258 g/mol. The van der Waals surface area contributed by atoms with E-state index in [1.807, 2.05) is 26.0 Å². The van der Waals surface area contributed by atoms with Crippen molar-refractivity contribution >= 4 is 11.9 Å². The zero-order valence-corrected chi connectivity index (χ0v) is 11.9. The average Bonchev–Trinajstić information content (AvgIpc) is 2.90. The van der Waals surface area contributed by atoms with Crippen LogP contribution >= 0.6 is 0 Å². The van der Waals surface area contributed by atoms with Crippen molar-refractivity contribution in [2.24, 2.45) is 5.92 Å². The minimum absolute atomic E-state index is 0.0378. The molecule has 1 aromatic carbocycles. The molecule has 0 saturated heterocycles. The summed E-state index contributed by atoms with van der Waals surface area (Å²) in [5.41, 5.74) is 2.66. The molecule has 1 aromatic rings. The van der Waals surface area contributed by atoms with Crippen molar-refractivity contribution in [1.82, 2.24) is 5.32 Å². The smallest absolute Gasteiger partial charge is 0.328 e. The molecule has 1 N–H and O–H groups in total. The lowest BCUT2D eigenvalue weighted by Gasteiger charge is -2.19. The van der Waals surface area contributed by atoms with Gasteiger partial charge >= 0.3 is 5.97 Å². The second-order valence-corrected chi connectivity index (χ2v) is 5.19. The van der Waals surface area contributed by atoms with E-state index in [2.05, 4.69) is 5.32 Å². The summed E-state index contributed by atoms with van der Waals surface area (Å²) in [5.74, 6) is -0.745. The third-order valence-corrected chi connectivity index (χ3v) is 3.39. The van der Waals surface area contributed by atoms with Gasteiger partial charge in [-0.3, -0.25) is 4.79 Å². The van der Waals surface area contributed by atoms with E-state index in [0.717, 1.165) is 11.1 Å². The minimum Gasteiger partial charge on any atom is -0.467 e. The Morgan fingerprint density at radius 3 is 2.60 bits per heavy atom. The average molecular weight is 277 g/mol. The highest BCUT2D eigenvalue weighted by molar-refractivity contribution is 5.97. The summed E-state index contributed by atoms with van der Waals surface area (Å²) in [5, 5.41) is 2.72. The predicted octanol–water partition coefficient (Wildman–Crippen LogP) is 1.64. The predicted molar refractivity (Wildman–Crippen MR) is 73.0 cm³/mol. The highest BCUT2D eigenvalue weighted by Crippen LogP contribution is 2.21. The Morgan fingerprint density at radius 1 is 1.25 bits per heavy atom. The number of rotatable bonds is 4. The van der Waals surface area contributed by atoms with Crippen molar-refractivity contribution < 1.29 is 19.1 Å². The fourth-order valence-corrected chi connectivity index (χ4v) is 2.16. The van der Waals surface area contributed by atoms with Gasteiger partial charge in [-0.2, -0.15) is 0 Å². The molecule has 20 heavy (non-hydrogen) atoms.